The molecule has 6 aromatic carbocycles. The predicted octanol–water partition coefficient (Wildman–Crippen LogP) is 9.53. The molecule has 1 atom stereocenters. The smallest absolute Gasteiger partial charge is 0.175 e. The maximum absolute atomic E-state index is 13.8. The van der Waals surface area contributed by atoms with E-state index in [1.807, 2.05) is 121 Å². The molecular formula is C41H27N3O. The number of hydrogen-bond acceptors (Lipinski definition) is 4. The average Bonchev–Trinajstić information content (AvgIpc) is 3.13. The summed E-state index contributed by atoms with van der Waals surface area (Å²) in [6.45, 7) is 0. The summed E-state index contributed by atoms with van der Waals surface area (Å²) in [6.07, 6.45) is 0. The first-order valence-corrected chi connectivity index (χ1v) is 15.0. The summed E-state index contributed by atoms with van der Waals surface area (Å²) in [5.41, 5.74) is 9.73. The zero-order valence-corrected chi connectivity index (χ0v) is 24.3. The first kappa shape index (κ1) is 26.6. The van der Waals surface area contributed by atoms with Gasteiger partial charge in [-0.3, -0.25) is 4.79 Å². The van der Waals surface area contributed by atoms with Crippen LogP contribution in [0.3, 0.4) is 0 Å². The summed E-state index contributed by atoms with van der Waals surface area (Å²) in [5.74, 6) is 1.67. The maximum Gasteiger partial charge on any atom is 0.175 e. The van der Waals surface area contributed by atoms with Crippen LogP contribution in [0.4, 0.5) is 0 Å². The zero-order valence-electron chi connectivity index (χ0n) is 24.3. The standard InChI is InChI=1S/C41H27N3O/c45-38-35-22-11-10-21-33(35)36-26-31(23-24-34(36)37(38)27-13-4-1-5-14-27)30-19-12-20-32(25-30)41-43-39(28-15-6-2-7-16-28)42-40(44-41)29-17-8-3-9-18-29/h1-26,37H. The molecule has 0 fully saturated rings. The van der Waals surface area contributed by atoms with E-state index < -0.39 is 0 Å². The second-order valence-corrected chi connectivity index (χ2v) is 11.2. The van der Waals surface area contributed by atoms with Gasteiger partial charge < -0.3 is 0 Å². The highest BCUT2D eigenvalue weighted by Crippen LogP contribution is 2.44. The van der Waals surface area contributed by atoms with Crippen molar-refractivity contribution in [3.8, 4) is 56.4 Å². The fourth-order valence-corrected chi connectivity index (χ4v) is 6.20. The van der Waals surface area contributed by atoms with Gasteiger partial charge in [-0.05, 0) is 45.5 Å². The molecule has 0 amide bonds. The van der Waals surface area contributed by atoms with Crippen LogP contribution in [0.15, 0.2) is 158 Å². The molecule has 7 aromatic rings. The van der Waals surface area contributed by atoms with E-state index in [0.717, 1.165) is 55.6 Å². The second-order valence-electron chi connectivity index (χ2n) is 11.2. The lowest BCUT2D eigenvalue weighted by atomic mass is 9.74. The van der Waals surface area contributed by atoms with Gasteiger partial charge in [0.05, 0.1) is 5.92 Å². The summed E-state index contributed by atoms with van der Waals surface area (Å²) in [4.78, 5) is 28.5. The molecule has 0 spiro atoms. The van der Waals surface area contributed by atoms with Crippen LogP contribution in [0, 0.1) is 0 Å². The molecule has 4 heteroatoms. The van der Waals surface area contributed by atoms with Crippen molar-refractivity contribution in [1.82, 2.24) is 15.0 Å². The highest BCUT2D eigenvalue weighted by molar-refractivity contribution is 6.12. The van der Waals surface area contributed by atoms with Crippen molar-refractivity contribution < 1.29 is 4.79 Å². The third-order valence-electron chi connectivity index (χ3n) is 8.40. The van der Waals surface area contributed by atoms with Crippen LogP contribution in [-0.4, -0.2) is 20.7 Å². The summed E-state index contributed by atoms with van der Waals surface area (Å²) in [6, 6.07) is 52.8. The zero-order chi connectivity index (χ0) is 30.2. The van der Waals surface area contributed by atoms with E-state index in [-0.39, 0.29) is 11.7 Å². The number of rotatable bonds is 5. The molecule has 0 aliphatic heterocycles. The molecule has 0 saturated heterocycles. The first-order chi connectivity index (χ1) is 22.2. The lowest BCUT2D eigenvalue weighted by Crippen LogP contribution is -2.20. The molecule has 0 N–H and O–H groups in total. The number of nitrogens with zero attached hydrogens (tertiary/aromatic N) is 3. The van der Waals surface area contributed by atoms with Gasteiger partial charge >= 0.3 is 0 Å². The molecular weight excluding hydrogens is 550 g/mol. The Kier molecular flexibility index (Phi) is 6.65. The summed E-state index contributed by atoms with van der Waals surface area (Å²) < 4.78 is 0. The number of ketones is 1. The van der Waals surface area contributed by atoms with Crippen molar-refractivity contribution in [3.63, 3.8) is 0 Å². The van der Waals surface area contributed by atoms with Gasteiger partial charge in [-0.15, -0.1) is 0 Å². The van der Waals surface area contributed by atoms with Crippen molar-refractivity contribution in [2.45, 2.75) is 5.92 Å². The van der Waals surface area contributed by atoms with E-state index >= 15 is 0 Å². The Morgan fingerprint density at radius 3 is 1.51 bits per heavy atom. The van der Waals surface area contributed by atoms with E-state index in [1.165, 1.54) is 0 Å². The van der Waals surface area contributed by atoms with Crippen molar-refractivity contribution in [2.24, 2.45) is 0 Å². The predicted molar refractivity (Wildman–Crippen MR) is 180 cm³/mol. The Labute approximate surface area is 261 Å². The van der Waals surface area contributed by atoms with Gasteiger partial charge in [0, 0.05) is 22.3 Å². The molecule has 0 bridgehead atoms. The van der Waals surface area contributed by atoms with Crippen LogP contribution < -0.4 is 0 Å². The highest BCUT2D eigenvalue weighted by atomic mass is 16.1. The van der Waals surface area contributed by atoms with Crippen molar-refractivity contribution in [1.29, 1.82) is 0 Å². The Bertz CT molecular complexity index is 2120. The normalized spacial score (nSPS) is 13.6. The molecule has 1 aromatic heterocycles. The molecule has 1 aliphatic rings. The fraction of sp³-hybridized carbons (Fsp3) is 0.0244. The summed E-state index contributed by atoms with van der Waals surface area (Å²) in [7, 11) is 0. The minimum Gasteiger partial charge on any atom is -0.293 e. The van der Waals surface area contributed by atoms with E-state index in [9.17, 15) is 4.79 Å². The quantitative estimate of drug-likeness (QED) is 0.204. The molecule has 1 heterocycles. The molecule has 0 radical (unpaired) electrons. The Morgan fingerprint density at radius 2 is 0.867 bits per heavy atom. The lowest BCUT2D eigenvalue weighted by molar-refractivity contribution is 0.0972. The van der Waals surface area contributed by atoms with E-state index in [4.69, 9.17) is 15.0 Å². The monoisotopic (exact) mass is 577 g/mol. The molecule has 212 valence electrons. The third-order valence-corrected chi connectivity index (χ3v) is 8.40. The van der Waals surface area contributed by atoms with E-state index in [1.54, 1.807) is 0 Å². The van der Waals surface area contributed by atoms with Gasteiger partial charge in [0.25, 0.3) is 0 Å². The van der Waals surface area contributed by atoms with Crippen LogP contribution in [-0.2, 0) is 0 Å². The topological polar surface area (TPSA) is 55.7 Å². The largest absolute Gasteiger partial charge is 0.293 e. The van der Waals surface area contributed by atoms with Gasteiger partial charge in [-0.25, -0.2) is 15.0 Å². The maximum atomic E-state index is 13.8. The minimum atomic E-state index is -0.338. The number of carbonyl (C=O) groups is 1. The third kappa shape index (κ3) is 4.92. The van der Waals surface area contributed by atoms with Crippen LogP contribution >= 0.6 is 0 Å². The van der Waals surface area contributed by atoms with E-state index in [2.05, 4.69) is 36.4 Å². The van der Waals surface area contributed by atoms with Gasteiger partial charge in [0.2, 0.25) is 0 Å². The van der Waals surface area contributed by atoms with Crippen LogP contribution in [0.1, 0.15) is 27.4 Å². The van der Waals surface area contributed by atoms with Crippen LogP contribution in [0.2, 0.25) is 0 Å². The Morgan fingerprint density at radius 1 is 0.378 bits per heavy atom. The van der Waals surface area contributed by atoms with Gasteiger partial charge in [-0.2, -0.15) is 0 Å². The highest BCUT2D eigenvalue weighted by Gasteiger charge is 2.33. The van der Waals surface area contributed by atoms with Crippen molar-refractivity contribution in [2.75, 3.05) is 0 Å². The fourth-order valence-electron chi connectivity index (χ4n) is 6.20. The Hall–Kier alpha value is -6.00. The van der Waals surface area contributed by atoms with Crippen molar-refractivity contribution in [3.05, 3.63) is 174 Å². The van der Waals surface area contributed by atoms with Crippen LogP contribution in [0.25, 0.3) is 56.4 Å². The molecule has 1 unspecified atom stereocenters. The Balaban J connectivity index is 1.25. The number of aromatic nitrogens is 3. The number of benzene rings is 6. The number of Topliss-reactive ketones (excluding diaryl/α,β-unsaturated/α-hetero) is 1. The van der Waals surface area contributed by atoms with Crippen LogP contribution in [0.5, 0.6) is 0 Å². The van der Waals surface area contributed by atoms with Gasteiger partial charge in [-0.1, -0.05) is 146 Å². The SMILES string of the molecule is O=C1c2ccccc2-c2cc(-c3cccc(-c4nc(-c5ccccc5)nc(-c5ccccc5)n4)c3)ccc2C1c1ccccc1. The molecule has 4 nitrogen and oxygen atoms in total. The summed E-state index contributed by atoms with van der Waals surface area (Å²) in [5, 5.41) is 0. The summed E-state index contributed by atoms with van der Waals surface area (Å²) >= 11 is 0. The molecule has 0 saturated carbocycles. The first-order valence-electron chi connectivity index (χ1n) is 15.0. The number of hydrogen-bond donors (Lipinski definition) is 0. The second kappa shape index (κ2) is 11.3. The number of fused-ring (bicyclic) bond motifs is 3. The minimum absolute atomic E-state index is 0.136. The average molecular weight is 578 g/mol. The molecule has 45 heavy (non-hydrogen) atoms. The van der Waals surface area contributed by atoms with E-state index in [0.29, 0.717) is 17.5 Å². The van der Waals surface area contributed by atoms with Gasteiger partial charge in [0.15, 0.2) is 23.3 Å². The van der Waals surface area contributed by atoms with Crippen molar-refractivity contribution >= 4 is 5.78 Å². The van der Waals surface area contributed by atoms with Gasteiger partial charge in [0.1, 0.15) is 0 Å². The number of carbonyl (C=O) groups excluding carboxylic acids is 1. The lowest BCUT2D eigenvalue weighted by Gasteiger charge is -2.27. The molecule has 8 rings (SSSR count). The molecule has 1 aliphatic carbocycles.